The van der Waals surface area contributed by atoms with Crippen LogP contribution in [0.3, 0.4) is 0 Å². The standard InChI is InChI=1S/C25H29N5O5/c26-25(27)12-20(22(31)28-24(25)33)30-14-19-18(23(30)32)2-1-3-21(19)35-15-17-6-4-16(5-7-17)13-29-8-10-34-11-9-29/h1-7,20H,8-15,26-27H2,(H,28,31,33). The Bertz CT molecular complexity index is 1140. The van der Waals surface area contributed by atoms with E-state index in [0.717, 1.165) is 38.4 Å². The number of hydrogen-bond acceptors (Lipinski definition) is 8. The molecule has 0 radical (unpaired) electrons. The summed E-state index contributed by atoms with van der Waals surface area (Å²) in [5.41, 5.74) is 13.4. The van der Waals surface area contributed by atoms with Crippen LogP contribution in [0.15, 0.2) is 42.5 Å². The van der Waals surface area contributed by atoms with Crippen LogP contribution >= 0.6 is 0 Å². The zero-order valence-electron chi connectivity index (χ0n) is 19.4. The van der Waals surface area contributed by atoms with Gasteiger partial charge in [0.25, 0.3) is 11.8 Å². The van der Waals surface area contributed by atoms with E-state index in [1.54, 1.807) is 12.1 Å². The first-order chi connectivity index (χ1) is 16.8. The summed E-state index contributed by atoms with van der Waals surface area (Å²) in [4.78, 5) is 41.2. The molecule has 5 N–H and O–H groups in total. The number of rotatable bonds is 6. The number of nitrogens with two attached hydrogens (primary N) is 2. The lowest BCUT2D eigenvalue weighted by atomic mass is 9.95. The monoisotopic (exact) mass is 479 g/mol. The van der Waals surface area contributed by atoms with E-state index in [1.807, 2.05) is 18.2 Å². The molecule has 3 aliphatic rings. The maximum Gasteiger partial charge on any atom is 0.261 e. The van der Waals surface area contributed by atoms with Gasteiger partial charge in [0.05, 0.1) is 19.8 Å². The second-order valence-corrected chi connectivity index (χ2v) is 9.29. The maximum atomic E-state index is 13.1. The molecule has 1 unspecified atom stereocenters. The molecule has 1 atom stereocenters. The Labute approximate surface area is 203 Å². The molecule has 5 rings (SSSR count). The molecule has 0 aromatic heterocycles. The third-order valence-electron chi connectivity index (χ3n) is 6.75. The normalized spacial score (nSPS) is 22.2. The summed E-state index contributed by atoms with van der Waals surface area (Å²) in [5.74, 6) is -1.07. The number of nitrogens with one attached hydrogen (secondary N) is 1. The molecule has 35 heavy (non-hydrogen) atoms. The van der Waals surface area contributed by atoms with Gasteiger partial charge in [-0.05, 0) is 23.3 Å². The number of ether oxygens (including phenoxy) is 2. The zero-order chi connectivity index (χ0) is 24.6. The summed E-state index contributed by atoms with van der Waals surface area (Å²) in [6, 6.07) is 12.6. The molecule has 184 valence electrons. The summed E-state index contributed by atoms with van der Waals surface area (Å²) in [6.07, 6.45) is -0.148. The number of piperidine rings is 1. The summed E-state index contributed by atoms with van der Waals surface area (Å²) in [5, 5.41) is 2.17. The fraction of sp³-hybridized carbons (Fsp3) is 0.400. The van der Waals surface area contributed by atoms with Crippen molar-refractivity contribution in [3.63, 3.8) is 0 Å². The highest BCUT2D eigenvalue weighted by Gasteiger charge is 2.47. The average Bonchev–Trinajstić information content (AvgIpc) is 3.19. The zero-order valence-corrected chi connectivity index (χ0v) is 19.4. The highest BCUT2D eigenvalue weighted by molar-refractivity contribution is 6.08. The number of benzene rings is 2. The Morgan fingerprint density at radius 1 is 1.03 bits per heavy atom. The largest absolute Gasteiger partial charge is 0.489 e. The number of carbonyl (C=O) groups excluding carboxylic acids is 3. The molecule has 2 fully saturated rings. The van der Waals surface area contributed by atoms with Gasteiger partial charge in [-0.2, -0.15) is 0 Å². The van der Waals surface area contributed by atoms with Crippen molar-refractivity contribution in [3.8, 4) is 5.75 Å². The Balaban J connectivity index is 1.25. The van der Waals surface area contributed by atoms with Crippen LogP contribution in [0.5, 0.6) is 5.75 Å². The second kappa shape index (κ2) is 9.38. The van der Waals surface area contributed by atoms with E-state index in [9.17, 15) is 14.4 Å². The molecule has 2 aromatic carbocycles. The summed E-state index contributed by atoms with van der Waals surface area (Å²) >= 11 is 0. The lowest BCUT2D eigenvalue weighted by molar-refractivity contribution is -0.141. The minimum absolute atomic E-state index is 0.148. The van der Waals surface area contributed by atoms with E-state index < -0.39 is 23.5 Å². The van der Waals surface area contributed by atoms with E-state index in [2.05, 4.69) is 22.3 Å². The molecule has 10 heteroatoms. The number of carbonyl (C=O) groups is 3. The van der Waals surface area contributed by atoms with Crippen molar-refractivity contribution < 1.29 is 23.9 Å². The van der Waals surface area contributed by atoms with Crippen LogP contribution in [0.4, 0.5) is 0 Å². The van der Waals surface area contributed by atoms with Crippen LogP contribution in [-0.2, 0) is 34.0 Å². The quantitative estimate of drug-likeness (QED) is 0.391. The number of hydrogen-bond donors (Lipinski definition) is 3. The third kappa shape index (κ3) is 4.78. The number of fused-ring (bicyclic) bond motifs is 1. The van der Waals surface area contributed by atoms with Gasteiger partial charge in [-0.3, -0.25) is 24.6 Å². The van der Waals surface area contributed by atoms with Gasteiger partial charge in [0.15, 0.2) is 0 Å². The predicted octanol–water partition coefficient (Wildman–Crippen LogP) is 0.0824. The van der Waals surface area contributed by atoms with Crippen LogP contribution in [0.25, 0.3) is 0 Å². The first-order valence-electron chi connectivity index (χ1n) is 11.7. The highest BCUT2D eigenvalue weighted by Crippen LogP contribution is 2.34. The first kappa shape index (κ1) is 23.4. The Hall–Kier alpha value is -3.31. The topological polar surface area (TPSA) is 140 Å². The van der Waals surface area contributed by atoms with Crippen LogP contribution < -0.4 is 21.5 Å². The number of imide groups is 1. The molecule has 10 nitrogen and oxygen atoms in total. The van der Waals surface area contributed by atoms with Gasteiger partial charge in [0, 0.05) is 37.2 Å². The molecule has 3 aliphatic heterocycles. The van der Waals surface area contributed by atoms with Crippen molar-refractivity contribution in [2.75, 3.05) is 26.3 Å². The first-order valence-corrected chi connectivity index (χ1v) is 11.7. The third-order valence-corrected chi connectivity index (χ3v) is 6.75. The van der Waals surface area contributed by atoms with Crippen molar-refractivity contribution in [1.82, 2.24) is 15.1 Å². The summed E-state index contributed by atoms with van der Waals surface area (Å²) in [6.45, 7) is 4.83. The second-order valence-electron chi connectivity index (χ2n) is 9.29. The van der Waals surface area contributed by atoms with Crippen molar-refractivity contribution >= 4 is 17.7 Å². The Kier molecular flexibility index (Phi) is 6.28. The van der Waals surface area contributed by atoms with Crippen LogP contribution in [-0.4, -0.2) is 65.5 Å². The number of nitrogens with zero attached hydrogens (tertiary/aromatic N) is 2. The van der Waals surface area contributed by atoms with Crippen molar-refractivity contribution in [2.45, 2.75) is 37.8 Å². The molecule has 0 spiro atoms. The summed E-state index contributed by atoms with van der Waals surface area (Å²) < 4.78 is 11.5. The van der Waals surface area contributed by atoms with Crippen LogP contribution in [0.1, 0.15) is 33.5 Å². The molecule has 0 aliphatic carbocycles. The van der Waals surface area contributed by atoms with Gasteiger partial charge in [-0.15, -0.1) is 0 Å². The lowest BCUT2D eigenvalue weighted by Gasteiger charge is -2.36. The predicted molar refractivity (Wildman–Crippen MR) is 126 cm³/mol. The Morgan fingerprint density at radius 2 is 1.74 bits per heavy atom. The smallest absolute Gasteiger partial charge is 0.261 e. The van der Waals surface area contributed by atoms with Gasteiger partial charge in [-0.25, -0.2) is 0 Å². The van der Waals surface area contributed by atoms with E-state index in [-0.39, 0.29) is 18.9 Å². The van der Waals surface area contributed by atoms with E-state index in [4.69, 9.17) is 20.9 Å². The minimum Gasteiger partial charge on any atom is -0.489 e. The van der Waals surface area contributed by atoms with Crippen LogP contribution in [0.2, 0.25) is 0 Å². The van der Waals surface area contributed by atoms with Crippen molar-refractivity contribution in [2.24, 2.45) is 11.5 Å². The van der Waals surface area contributed by atoms with E-state index in [0.29, 0.717) is 23.5 Å². The van der Waals surface area contributed by atoms with Crippen molar-refractivity contribution in [3.05, 3.63) is 64.7 Å². The Morgan fingerprint density at radius 3 is 2.49 bits per heavy atom. The summed E-state index contributed by atoms with van der Waals surface area (Å²) in [7, 11) is 0. The van der Waals surface area contributed by atoms with Gasteiger partial charge in [0.2, 0.25) is 5.91 Å². The molecular weight excluding hydrogens is 450 g/mol. The van der Waals surface area contributed by atoms with E-state index in [1.165, 1.54) is 10.5 Å². The maximum absolute atomic E-state index is 13.1. The molecule has 3 amide bonds. The van der Waals surface area contributed by atoms with Crippen LogP contribution in [0, 0.1) is 0 Å². The fourth-order valence-electron chi connectivity index (χ4n) is 4.70. The highest BCUT2D eigenvalue weighted by atomic mass is 16.5. The van der Waals surface area contributed by atoms with Crippen molar-refractivity contribution in [1.29, 1.82) is 0 Å². The van der Waals surface area contributed by atoms with Gasteiger partial charge in [-0.1, -0.05) is 30.3 Å². The fourth-order valence-corrected chi connectivity index (χ4v) is 4.70. The molecule has 0 saturated carbocycles. The number of amides is 3. The van der Waals surface area contributed by atoms with E-state index >= 15 is 0 Å². The number of morpholine rings is 1. The molecule has 3 heterocycles. The molecule has 2 saturated heterocycles. The lowest BCUT2D eigenvalue weighted by Crippen LogP contribution is -2.71. The SMILES string of the molecule is NC1(N)CC(N2Cc3c(OCc4ccc(CN5CCOCC5)cc4)cccc3C2=O)C(=O)NC1=O. The molecular formula is C25H29N5O5. The van der Waals surface area contributed by atoms with Gasteiger partial charge >= 0.3 is 0 Å². The average molecular weight is 480 g/mol. The van der Waals surface area contributed by atoms with Gasteiger partial charge < -0.3 is 25.8 Å². The molecule has 2 aromatic rings. The molecule has 0 bridgehead atoms. The van der Waals surface area contributed by atoms with Gasteiger partial charge in [0.1, 0.15) is 24.1 Å². The minimum atomic E-state index is -1.72.